The van der Waals surface area contributed by atoms with Crippen LogP contribution in [0.2, 0.25) is 5.02 Å². The Kier molecular flexibility index (Phi) is 5.88. The van der Waals surface area contributed by atoms with Crippen molar-refractivity contribution in [2.45, 2.75) is 18.4 Å². The van der Waals surface area contributed by atoms with E-state index in [-0.39, 0.29) is 12.0 Å². The first-order valence-electron chi connectivity index (χ1n) is 9.88. The average Bonchev–Trinajstić information content (AvgIpc) is 2.70. The van der Waals surface area contributed by atoms with E-state index in [9.17, 15) is 0 Å². The van der Waals surface area contributed by atoms with E-state index in [4.69, 9.17) is 29.6 Å². The fourth-order valence-electron chi connectivity index (χ4n) is 4.26. The SMILES string of the molecule is CN1CCN(CCC2C(=S)NC(c3cccc(N)c3Cl)c3ccccc32)CC1. The molecule has 0 spiro atoms. The second-order valence-electron chi connectivity index (χ2n) is 7.81. The van der Waals surface area contributed by atoms with Gasteiger partial charge in [-0.25, -0.2) is 0 Å². The lowest BCUT2D eigenvalue weighted by molar-refractivity contribution is 0.152. The van der Waals surface area contributed by atoms with Crippen molar-refractivity contribution in [2.75, 3.05) is 45.5 Å². The molecular weight excluding hydrogens is 388 g/mol. The van der Waals surface area contributed by atoms with E-state index in [0.29, 0.717) is 10.7 Å². The van der Waals surface area contributed by atoms with Crippen LogP contribution in [0.5, 0.6) is 0 Å². The Labute approximate surface area is 177 Å². The molecule has 28 heavy (non-hydrogen) atoms. The Morgan fingerprint density at radius 2 is 1.71 bits per heavy atom. The fourth-order valence-corrected chi connectivity index (χ4v) is 4.86. The van der Waals surface area contributed by atoms with Gasteiger partial charge in [-0.05, 0) is 42.8 Å². The number of benzene rings is 2. The van der Waals surface area contributed by atoms with Crippen molar-refractivity contribution >= 4 is 34.5 Å². The zero-order valence-corrected chi connectivity index (χ0v) is 17.8. The molecule has 0 aromatic heterocycles. The van der Waals surface area contributed by atoms with Crippen LogP contribution < -0.4 is 11.1 Å². The Morgan fingerprint density at radius 1 is 1.04 bits per heavy atom. The largest absolute Gasteiger partial charge is 0.398 e. The monoisotopic (exact) mass is 414 g/mol. The van der Waals surface area contributed by atoms with Crippen LogP contribution in [-0.2, 0) is 0 Å². The van der Waals surface area contributed by atoms with Crippen LogP contribution in [0.3, 0.4) is 0 Å². The molecule has 3 N–H and O–H groups in total. The third-order valence-electron chi connectivity index (χ3n) is 5.98. The minimum atomic E-state index is -0.0559. The molecule has 6 heteroatoms. The molecule has 0 aliphatic carbocycles. The van der Waals surface area contributed by atoms with Gasteiger partial charge in [0.15, 0.2) is 0 Å². The summed E-state index contributed by atoms with van der Waals surface area (Å²) in [6.07, 6.45) is 1.03. The highest BCUT2D eigenvalue weighted by atomic mass is 35.5. The minimum absolute atomic E-state index is 0.0559. The molecule has 2 heterocycles. The zero-order valence-electron chi connectivity index (χ0n) is 16.2. The molecule has 2 atom stereocenters. The third-order valence-corrected chi connectivity index (χ3v) is 6.82. The van der Waals surface area contributed by atoms with E-state index in [0.717, 1.165) is 49.7 Å². The predicted molar refractivity (Wildman–Crippen MR) is 121 cm³/mol. The summed E-state index contributed by atoms with van der Waals surface area (Å²) in [6, 6.07) is 14.3. The maximum atomic E-state index is 6.53. The van der Waals surface area contributed by atoms with Gasteiger partial charge >= 0.3 is 0 Å². The molecule has 2 aromatic rings. The first-order chi connectivity index (χ1) is 13.5. The van der Waals surface area contributed by atoms with E-state index in [1.807, 2.05) is 18.2 Å². The standard InChI is InChI=1S/C22H27ClN4S/c1-26-11-13-27(14-12-26)10-9-17-15-5-2-3-6-16(15)21(25-22(17)28)18-7-4-8-19(24)20(18)23/h2-8,17,21H,9-14,24H2,1H3,(H,25,28). The molecule has 1 fully saturated rings. The van der Waals surface area contributed by atoms with Crippen molar-refractivity contribution in [1.29, 1.82) is 0 Å². The second kappa shape index (κ2) is 8.37. The molecule has 2 aliphatic rings. The Morgan fingerprint density at radius 3 is 2.46 bits per heavy atom. The predicted octanol–water partition coefficient (Wildman–Crippen LogP) is 3.66. The lowest BCUT2D eigenvalue weighted by atomic mass is 9.82. The van der Waals surface area contributed by atoms with Crippen molar-refractivity contribution in [3.8, 4) is 0 Å². The Balaban J connectivity index is 1.58. The molecule has 2 aliphatic heterocycles. The van der Waals surface area contributed by atoms with Gasteiger partial charge in [0.05, 0.1) is 21.7 Å². The highest BCUT2D eigenvalue weighted by Crippen LogP contribution is 2.40. The smallest absolute Gasteiger partial charge is 0.0837 e. The van der Waals surface area contributed by atoms with Crippen molar-refractivity contribution in [2.24, 2.45) is 0 Å². The van der Waals surface area contributed by atoms with Crippen LogP contribution in [0.4, 0.5) is 5.69 Å². The minimum Gasteiger partial charge on any atom is -0.398 e. The lowest BCUT2D eigenvalue weighted by Gasteiger charge is -2.37. The van der Waals surface area contributed by atoms with Gasteiger partial charge in [-0.1, -0.05) is 60.2 Å². The number of nitrogen functional groups attached to an aromatic ring is 1. The Bertz CT molecular complexity index is 863. The first kappa shape index (κ1) is 19.6. The zero-order chi connectivity index (χ0) is 19.7. The second-order valence-corrected chi connectivity index (χ2v) is 8.62. The molecule has 0 radical (unpaired) electrons. The molecule has 2 unspecified atom stereocenters. The maximum absolute atomic E-state index is 6.53. The fraction of sp³-hybridized carbons (Fsp3) is 0.409. The Hall–Kier alpha value is -1.66. The first-order valence-corrected chi connectivity index (χ1v) is 10.7. The normalized spacial score (nSPS) is 23.3. The highest BCUT2D eigenvalue weighted by molar-refractivity contribution is 7.80. The van der Waals surface area contributed by atoms with Crippen LogP contribution in [0.25, 0.3) is 0 Å². The van der Waals surface area contributed by atoms with Crippen molar-refractivity contribution < 1.29 is 0 Å². The number of nitrogens with two attached hydrogens (primary N) is 1. The number of likely N-dealkylation sites (N-methyl/N-ethyl adjacent to an activating group) is 1. The summed E-state index contributed by atoms with van der Waals surface area (Å²) >= 11 is 12.4. The average molecular weight is 415 g/mol. The van der Waals surface area contributed by atoms with Crippen LogP contribution in [-0.4, -0.2) is 54.6 Å². The van der Waals surface area contributed by atoms with Gasteiger partial charge in [0.1, 0.15) is 0 Å². The number of thiocarbonyl (C=S) groups is 1. The van der Waals surface area contributed by atoms with Crippen molar-refractivity contribution in [3.63, 3.8) is 0 Å². The summed E-state index contributed by atoms with van der Waals surface area (Å²) in [5.74, 6) is 0.238. The van der Waals surface area contributed by atoms with E-state index >= 15 is 0 Å². The highest BCUT2D eigenvalue weighted by Gasteiger charge is 2.32. The van der Waals surface area contributed by atoms with Crippen LogP contribution in [0, 0.1) is 0 Å². The molecule has 148 valence electrons. The number of halogens is 1. The van der Waals surface area contributed by atoms with E-state index in [1.165, 1.54) is 11.1 Å². The maximum Gasteiger partial charge on any atom is 0.0837 e. The summed E-state index contributed by atoms with van der Waals surface area (Å²) in [7, 11) is 2.19. The summed E-state index contributed by atoms with van der Waals surface area (Å²) < 4.78 is 0. The van der Waals surface area contributed by atoms with Crippen LogP contribution >= 0.6 is 23.8 Å². The number of hydrogen-bond acceptors (Lipinski definition) is 4. The van der Waals surface area contributed by atoms with Gasteiger partial charge in [0.25, 0.3) is 0 Å². The van der Waals surface area contributed by atoms with Crippen molar-refractivity contribution in [3.05, 3.63) is 64.2 Å². The number of anilines is 1. The number of hydrogen-bond donors (Lipinski definition) is 2. The molecule has 2 aromatic carbocycles. The quantitative estimate of drug-likeness (QED) is 0.590. The number of rotatable bonds is 4. The van der Waals surface area contributed by atoms with Gasteiger partial charge in [-0.2, -0.15) is 0 Å². The number of nitrogens with zero attached hydrogens (tertiary/aromatic N) is 2. The van der Waals surface area contributed by atoms with Crippen LogP contribution in [0.1, 0.15) is 35.1 Å². The van der Waals surface area contributed by atoms with Gasteiger partial charge in [0, 0.05) is 32.1 Å². The molecule has 1 saturated heterocycles. The van der Waals surface area contributed by atoms with E-state index in [2.05, 4.69) is 46.4 Å². The summed E-state index contributed by atoms with van der Waals surface area (Å²) in [5, 5.41) is 4.17. The third kappa shape index (κ3) is 3.90. The lowest BCUT2D eigenvalue weighted by Crippen LogP contribution is -2.45. The van der Waals surface area contributed by atoms with Gasteiger partial charge < -0.3 is 20.9 Å². The van der Waals surface area contributed by atoms with Crippen molar-refractivity contribution in [1.82, 2.24) is 15.1 Å². The molecular formula is C22H27ClN4S. The molecule has 0 saturated carbocycles. The summed E-state index contributed by atoms with van der Waals surface area (Å²) in [4.78, 5) is 5.83. The number of fused-ring (bicyclic) bond motifs is 1. The summed E-state index contributed by atoms with van der Waals surface area (Å²) in [5.41, 5.74) is 10.2. The molecule has 0 amide bonds. The van der Waals surface area contributed by atoms with Gasteiger partial charge in [-0.15, -0.1) is 0 Å². The molecule has 4 rings (SSSR count). The van der Waals surface area contributed by atoms with Gasteiger partial charge in [-0.3, -0.25) is 0 Å². The van der Waals surface area contributed by atoms with E-state index < -0.39 is 0 Å². The summed E-state index contributed by atoms with van der Waals surface area (Å²) in [6.45, 7) is 5.61. The van der Waals surface area contributed by atoms with Crippen LogP contribution in [0.15, 0.2) is 42.5 Å². The molecule has 0 bridgehead atoms. The number of nitrogens with one attached hydrogen (secondary N) is 1. The topological polar surface area (TPSA) is 44.5 Å². The van der Waals surface area contributed by atoms with E-state index in [1.54, 1.807) is 0 Å². The number of piperazine rings is 1. The molecule has 4 nitrogen and oxygen atoms in total. The van der Waals surface area contributed by atoms with Gasteiger partial charge in [0.2, 0.25) is 0 Å².